The molecular weight excluding hydrogens is 324 g/mol. The van der Waals surface area contributed by atoms with E-state index in [1.54, 1.807) is 4.90 Å². The van der Waals surface area contributed by atoms with E-state index >= 15 is 0 Å². The Kier molecular flexibility index (Phi) is 4.88. The normalized spacial score (nSPS) is 16.8. The molecule has 0 spiro atoms. The fraction of sp³-hybridized carbons (Fsp3) is 0.318. The van der Waals surface area contributed by atoms with Crippen molar-refractivity contribution < 1.29 is 9.90 Å². The van der Waals surface area contributed by atoms with Crippen LogP contribution in [0.15, 0.2) is 55.1 Å². The average molecular weight is 350 g/mol. The Balaban J connectivity index is 1.84. The summed E-state index contributed by atoms with van der Waals surface area (Å²) in [5.74, 6) is 0. The number of benzene rings is 2. The van der Waals surface area contributed by atoms with Gasteiger partial charge in [0.15, 0.2) is 0 Å². The van der Waals surface area contributed by atoms with Crippen molar-refractivity contribution in [1.29, 1.82) is 0 Å². The van der Waals surface area contributed by atoms with Gasteiger partial charge in [-0.25, -0.2) is 4.79 Å². The molecule has 0 aliphatic carbocycles. The third-order valence-corrected chi connectivity index (χ3v) is 4.95. The molecule has 1 heterocycles. The minimum Gasteiger partial charge on any atom is -0.388 e. The molecule has 3 rings (SSSR count). The second-order valence-corrected chi connectivity index (χ2v) is 7.43. The van der Waals surface area contributed by atoms with Gasteiger partial charge in [0.05, 0.1) is 17.3 Å². The summed E-state index contributed by atoms with van der Waals surface area (Å²) < 4.78 is 0. The first kappa shape index (κ1) is 18.2. The summed E-state index contributed by atoms with van der Waals surface area (Å²) in [6.07, 6.45) is 0.0197. The molecule has 0 bridgehead atoms. The Morgan fingerprint density at radius 3 is 2.69 bits per heavy atom. The van der Waals surface area contributed by atoms with Crippen LogP contribution in [0.4, 0.5) is 10.5 Å². The number of carbonyl (C=O) groups is 1. The maximum absolute atomic E-state index is 13.0. The number of amides is 2. The number of nitrogens with one attached hydrogen (secondary N) is 1. The molecule has 0 fully saturated rings. The lowest BCUT2D eigenvalue weighted by Crippen LogP contribution is -2.50. The fourth-order valence-corrected chi connectivity index (χ4v) is 3.33. The van der Waals surface area contributed by atoms with Crippen LogP contribution in [-0.2, 0) is 5.54 Å². The van der Waals surface area contributed by atoms with Gasteiger partial charge in [-0.05, 0) is 50.5 Å². The minimum absolute atomic E-state index is 0.157. The zero-order valence-electron chi connectivity index (χ0n) is 15.6. The number of rotatable bonds is 3. The Morgan fingerprint density at radius 1 is 1.23 bits per heavy atom. The van der Waals surface area contributed by atoms with Gasteiger partial charge < -0.3 is 10.4 Å². The van der Waals surface area contributed by atoms with Crippen molar-refractivity contribution in [3.63, 3.8) is 0 Å². The molecule has 1 aliphatic heterocycles. The van der Waals surface area contributed by atoms with Gasteiger partial charge in [0.1, 0.15) is 0 Å². The molecule has 2 aromatic rings. The molecule has 26 heavy (non-hydrogen) atoms. The van der Waals surface area contributed by atoms with Gasteiger partial charge >= 0.3 is 6.03 Å². The zero-order valence-corrected chi connectivity index (χ0v) is 15.6. The third-order valence-electron chi connectivity index (χ3n) is 4.95. The quantitative estimate of drug-likeness (QED) is 0.849. The maximum Gasteiger partial charge on any atom is 0.322 e. The Morgan fingerprint density at radius 2 is 1.96 bits per heavy atom. The largest absolute Gasteiger partial charge is 0.388 e. The summed E-state index contributed by atoms with van der Waals surface area (Å²) in [5.41, 5.74) is 4.13. The highest BCUT2D eigenvalue weighted by atomic mass is 16.3. The molecule has 1 atom stereocenters. The van der Waals surface area contributed by atoms with Crippen LogP contribution < -0.4 is 10.2 Å². The van der Waals surface area contributed by atoms with Crippen LogP contribution >= 0.6 is 0 Å². The van der Waals surface area contributed by atoms with Crippen LogP contribution in [0.3, 0.4) is 0 Å². The molecule has 1 unspecified atom stereocenters. The van der Waals surface area contributed by atoms with E-state index in [4.69, 9.17) is 0 Å². The standard InChI is InChI=1S/C22H26N2O2/c1-15(2)16-8-7-9-17(14-16)22(3,4)23-21(26)24-13-12-20(25)18-10-5-6-11-19(18)24/h5-11,14,20,25H,1,12-13H2,2-4H3,(H,23,26). The first-order valence-corrected chi connectivity index (χ1v) is 8.92. The smallest absolute Gasteiger partial charge is 0.322 e. The molecular formula is C22H26N2O2. The van der Waals surface area contributed by atoms with E-state index in [0.717, 1.165) is 28.0 Å². The van der Waals surface area contributed by atoms with E-state index in [0.29, 0.717) is 13.0 Å². The molecule has 0 saturated heterocycles. The minimum atomic E-state index is -0.534. The number of para-hydroxylation sites is 1. The number of nitrogens with zero attached hydrogens (tertiary/aromatic N) is 1. The highest BCUT2D eigenvalue weighted by molar-refractivity contribution is 5.94. The molecule has 2 N–H and O–H groups in total. The second-order valence-electron chi connectivity index (χ2n) is 7.43. The molecule has 0 radical (unpaired) electrons. The van der Waals surface area contributed by atoms with Gasteiger partial charge in [0.2, 0.25) is 0 Å². The third kappa shape index (κ3) is 3.51. The van der Waals surface area contributed by atoms with Crippen LogP contribution in [0, 0.1) is 0 Å². The van der Waals surface area contributed by atoms with Crippen molar-refractivity contribution in [1.82, 2.24) is 5.32 Å². The Hall–Kier alpha value is -2.59. The summed E-state index contributed by atoms with van der Waals surface area (Å²) in [7, 11) is 0. The second kappa shape index (κ2) is 6.96. The molecule has 4 heteroatoms. The van der Waals surface area contributed by atoms with E-state index in [-0.39, 0.29) is 6.03 Å². The number of carbonyl (C=O) groups excluding carboxylic acids is 1. The predicted molar refractivity (Wildman–Crippen MR) is 106 cm³/mol. The van der Waals surface area contributed by atoms with Gasteiger partial charge in [0, 0.05) is 12.1 Å². The van der Waals surface area contributed by atoms with Crippen LogP contribution in [0.2, 0.25) is 0 Å². The van der Waals surface area contributed by atoms with Crippen LogP contribution in [0.5, 0.6) is 0 Å². The maximum atomic E-state index is 13.0. The van der Waals surface area contributed by atoms with Crippen molar-refractivity contribution >= 4 is 17.3 Å². The highest BCUT2D eigenvalue weighted by Gasteiger charge is 2.31. The number of aliphatic hydroxyl groups is 1. The lowest BCUT2D eigenvalue weighted by atomic mass is 9.91. The van der Waals surface area contributed by atoms with E-state index in [1.165, 1.54) is 0 Å². The average Bonchev–Trinajstić information content (AvgIpc) is 2.62. The molecule has 4 nitrogen and oxygen atoms in total. The topological polar surface area (TPSA) is 52.6 Å². The number of fused-ring (bicyclic) bond motifs is 1. The molecule has 136 valence electrons. The first-order valence-electron chi connectivity index (χ1n) is 8.92. The highest BCUT2D eigenvalue weighted by Crippen LogP contribution is 2.34. The Bertz CT molecular complexity index is 842. The van der Waals surface area contributed by atoms with Crippen molar-refractivity contribution in [2.45, 2.75) is 38.8 Å². The SMILES string of the molecule is C=C(C)c1cccc(C(C)(C)NC(=O)N2CCC(O)c3ccccc32)c1. The molecule has 0 saturated carbocycles. The van der Waals surface area contributed by atoms with Gasteiger partial charge in [-0.3, -0.25) is 4.90 Å². The lowest BCUT2D eigenvalue weighted by Gasteiger charge is -2.35. The van der Waals surface area contributed by atoms with Gasteiger partial charge in [-0.1, -0.05) is 48.6 Å². The molecule has 2 aromatic carbocycles. The zero-order chi connectivity index (χ0) is 18.9. The van der Waals surface area contributed by atoms with E-state index in [9.17, 15) is 9.90 Å². The van der Waals surface area contributed by atoms with Gasteiger partial charge in [0.25, 0.3) is 0 Å². The van der Waals surface area contributed by atoms with Crippen molar-refractivity contribution in [2.24, 2.45) is 0 Å². The Labute approximate surface area is 155 Å². The number of urea groups is 1. The number of allylic oxidation sites excluding steroid dienone is 1. The van der Waals surface area contributed by atoms with Crippen LogP contribution in [0.1, 0.15) is 50.0 Å². The number of hydrogen-bond donors (Lipinski definition) is 2. The van der Waals surface area contributed by atoms with Crippen molar-refractivity contribution in [3.8, 4) is 0 Å². The summed E-state index contributed by atoms with van der Waals surface area (Å²) in [6.45, 7) is 10.4. The summed E-state index contributed by atoms with van der Waals surface area (Å²) >= 11 is 0. The molecule has 0 aromatic heterocycles. The van der Waals surface area contributed by atoms with Gasteiger partial charge in [-0.15, -0.1) is 0 Å². The number of aliphatic hydroxyl groups excluding tert-OH is 1. The fourth-order valence-electron chi connectivity index (χ4n) is 3.33. The first-order chi connectivity index (χ1) is 12.3. The number of anilines is 1. The van der Waals surface area contributed by atoms with Crippen molar-refractivity contribution in [2.75, 3.05) is 11.4 Å². The van der Waals surface area contributed by atoms with Crippen molar-refractivity contribution in [3.05, 3.63) is 71.8 Å². The lowest BCUT2D eigenvalue weighted by molar-refractivity contribution is 0.163. The van der Waals surface area contributed by atoms with Crippen LogP contribution in [0.25, 0.3) is 5.57 Å². The predicted octanol–water partition coefficient (Wildman–Crippen LogP) is 4.61. The summed E-state index contributed by atoms with van der Waals surface area (Å²) in [5, 5.41) is 13.3. The summed E-state index contributed by atoms with van der Waals surface area (Å²) in [6, 6.07) is 15.5. The molecule has 1 aliphatic rings. The number of hydrogen-bond acceptors (Lipinski definition) is 2. The van der Waals surface area contributed by atoms with Gasteiger partial charge in [-0.2, -0.15) is 0 Å². The monoisotopic (exact) mass is 350 g/mol. The summed E-state index contributed by atoms with van der Waals surface area (Å²) in [4.78, 5) is 14.7. The van der Waals surface area contributed by atoms with E-state index < -0.39 is 11.6 Å². The van der Waals surface area contributed by atoms with E-state index in [1.807, 2.05) is 63.2 Å². The van der Waals surface area contributed by atoms with E-state index in [2.05, 4.69) is 18.0 Å². The van der Waals surface area contributed by atoms with Crippen LogP contribution in [-0.4, -0.2) is 17.7 Å². The molecule has 2 amide bonds.